The molecule has 0 saturated carbocycles. The van der Waals surface area contributed by atoms with Crippen molar-refractivity contribution in [1.29, 1.82) is 0 Å². The van der Waals surface area contributed by atoms with E-state index in [2.05, 4.69) is 23.0 Å². The number of nitrogens with one attached hydrogen (secondary N) is 1. The highest BCUT2D eigenvalue weighted by Crippen LogP contribution is 2.23. The molecular formula is C11H15N3. The quantitative estimate of drug-likeness (QED) is 0.778. The van der Waals surface area contributed by atoms with Crippen molar-refractivity contribution in [2.75, 3.05) is 0 Å². The molecule has 0 aromatic carbocycles. The van der Waals surface area contributed by atoms with Crippen molar-refractivity contribution in [3.05, 3.63) is 30.1 Å². The number of H-pyrrole nitrogens is 1. The number of aromatic nitrogens is 2. The highest BCUT2D eigenvalue weighted by Gasteiger charge is 2.10. The molecule has 74 valence electrons. The lowest BCUT2D eigenvalue weighted by Crippen LogP contribution is -2.08. The number of pyridine rings is 1. The average Bonchev–Trinajstić information content (AvgIpc) is 2.61. The van der Waals surface area contributed by atoms with Gasteiger partial charge in [0, 0.05) is 23.8 Å². The topological polar surface area (TPSA) is 54.7 Å². The van der Waals surface area contributed by atoms with Gasteiger partial charge in [0.15, 0.2) is 0 Å². The first kappa shape index (κ1) is 9.21. The van der Waals surface area contributed by atoms with Crippen molar-refractivity contribution in [1.82, 2.24) is 9.97 Å². The van der Waals surface area contributed by atoms with Gasteiger partial charge in [0.2, 0.25) is 0 Å². The Hall–Kier alpha value is -1.35. The van der Waals surface area contributed by atoms with Gasteiger partial charge < -0.3 is 10.7 Å². The molecule has 3 N–H and O–H groups in total. The Kier molecular flexibility index (Phi) is 2.50. The number of rotatable bonds is 3. The SMILES string of the molecule is CCC[C@H](N)c1c[nH]c2ncccc12. The largest absolute Gasteiger partial charge is 0.346 e. The van der Waals surface area contributed by atoms with Gasteiger partial charge in [-0.3, -0.25) is 0 Å². The number of fused-ring (bicyclic) bond motifs is 1. The van der Waals surface area contributed by atoms with E-state index in [0.717, 1.165) is 23.9 Å². The predicted molar refractivity (Wildman–Crippen MR) is 57.9 cm³/mol. The molecule has 2 aromatic rings. The van der Waals surface area contributed by atoms with Gasteiger partial charge in [-0.1, -0.05) is 13.3 Å². The smallest absolute Gasteiger partial charge is 0.137 e. The summed E-state index contributed by atoms with van der Waals surface area (Å²) >= 11 is 0. The van der Waals surface area contributed by atoms with Gasteiger partial charge in [-0.15, -0.1) is 0 Å². The number of hydrogen-bond acceptors (Lipinski definition) is 2. The van der Waals surface area contributed by atoms with Crippen molar-refractivity contribution < 1.29 is 0 Å². The molecule has 2 rings (SSSR count). The Labute approximate surface area is 83.3 Å². The number of nitrogens with two attached hydrogens (primary N) is 1. The van der Waals surface area contributed by atoms with Crippen LogP contribution in [0, 0.1) is 0 Å². The van der Waals surface area contributed by atoms with E-state index in [1.807, 2.05) is 12.3 Å². The highest BCUT2D eigenvalue weighted by molar-refractivity contribution is 5.79. The molecule has 0 saturated heterocycles. The van der Waals surface area contributed by atoms with E-state index in [9.17, 15) is 0 Å². The van der Waals surface area contributed by atoms with E-state index in [-0.39, 0.29) is 6.04 Å². The van der Waals surface area contributed by atoms with E-state index in [1.165, 1.54) is 5.56 Å². The first-order chi connectivity index (χ1) is 6.83. The molecule has 3 nitrogen and oxygen atoms in total. The zero-order chi connectivity index (χ0) is 9.97. The molecule has 0 amide bonds. The second kappa shape index (κ2) is 3.80. The van der Waals surface area contributed by atoms with Crippen LogP contribution in [-0.2, 0) is 0 Å². The average molecular weight is 189 g/mol. The number of nitrogens with zero attached hydrogens (tertiary/aromatic N) is 1. The van der Waals surface area contributed by atoms with Crippen LogP contribution in [0.4, 0.5) is 0 Å². The summed E-state index contributed by atoms with van der Waals surface area (Å²) < 4.78 is 0. The van der Waals surface area contributed by atoms with E-state index in [1.54, 1.807) is 6.20 Å². The van der Waals surface area contributed by atoms with Crippen LogP contribution < -0.4 is 5.73 Å². The summed E-state index contributed by atoms with van der Waals surface area (Å²) in [6.45, 7) is 2.15. The summed E-state index contributed by atoms with van der Waals surface area (Å²) in [7, 11) is 0. The Bertz CT molecular complexity index is 419. The Morgan fingerprint density at radius 2 is 2.43 bits per heavy atom. The summed E-state index contributed by atoms with van der Waals surface area (Å²) in [6.07, 6.45) is 5.88. The van der Waals surface area contributed by atoms with Crippen molar-refractivity contribution >= 4 is 11.0 Å². The summed E-state index contributed by atoms with van der Waals surface area (Å²) in [6, 6.07) is 4.13. The fraction of sp³-hybridized carbons (Fsp3) is 0.364. The van der Waals surface area contributed by atoms with E-state index in [4.69, 9.17) is 5.73 Å². The zero-order valence-electron chi connectivity index (χ0n) is 8.33. The minimum Gasteiger partial charge on any atom is -0.346 e. The third-order valence-corrected chi connectivity index (χ3v) is 2.48. The van der Waals surface area contributed by atoms with Crippen LogP contribution in [0.1, 0.15) is 31.4 Å². The molecule has 14 heavy (non-hydrogen) atoms. The molecule has 0 spiro atoms. The minimum atomic E-state index is 0.123. The molecule has 1 atom stereocenters. The molecule has 0 radical (unpaired) electrons. The summed E-state index contributed by atoms with van der Waals surface area (Å²) in [5, 5.41) is 1.15. The van der Waals surface area contributed by atoms with Gasteiger partial charge in [0.05, 0.1) is 0 Å². The maximum Gasteiger partial charge on any atom is 0.137 e. The lowest BCUT2D eigenvalue weighted by atomic mass is 10.0. The molecule has 0 aliphatic heterocycles. The number of hydrogen-bond donors (Lipinski definition) is 2. The van der Waals surface area contributed by atoms with Crippen LogP contribution >= 0.6 is 0 Å². The normalized spacial score (nSPS) is 13.3. The van der Waals surface area contributed by atoms with Crippen molar-refractivity contribution in [3.63, 3.8) is 0 Å². The lowest BCUT2D eigenvalue weighted by Gasteiger charge is -2.08. The molecule has 0 fully saturated rings. The van der Waals surface area contributed by atoms with E-state index in [0.29, 0.717) is 0 Å². The van der Waals surface area contributed by atoms with Crippen molar-refractivity contribution in [3.8, 4) is 0 Å². The standard InChI is InChI=1S/C11H15N3/c1-2-4-10(12)9-7-14-11-8(9)5-3-6-13-11/h3,5-7,10H,2,4,12H2,1H3,(H,13,14)/t10-/m0/s1. The molecule has 0 aliphatic rings. The van der Waals surface area contributed by atoms with Crippen molar-refractivity contribution in [2.45, 2.75) is 25.8 Å². The Morgan fingerprint density at radius 3 is 3.21 bits per heavy atom. The van der Waals surface area contributed by atoms with Crippen molar-refractivity contribution in [2.24, 2.45) is 5.73 Å². The van der Waals surface area contributed by atoms with Crippen LogP contribution in [0.15, 0.2) is 24.5 Å². The Morgan fingerprint density at radius 1 is 1.57 bits per heavy atom. The first-order valence-corrected chi connectivity index (χ1v) is 5.00. The third kappa shape index (κ3) is 1.51. The second-order valence-electron chi connectivity index (χ2n) is 3.54. The highest BCUT2D eigenvalue weighted by atomic mass is 14.8. The zero-order valence-corrected chi connectivity index (χ0v) is 8.33. The van der Waals surface area contributed by atoms with Gasteiger partial charge in [0.25, 0.3) is 0 Å². The van der Waals surface area contributed by atoms with Crippen LogP contribution in [0.25, 0.3) is 11.0 Å². The van der Waals surface area contributed by atoms with E-state index >= 15 is 0 Å². The monoisotopic (exact) mass is 189 g/mol. The molecule has 0 bridgehead atoms. The summed E-state index contributed by atoms with van der Waals surface area (Å²) in [5.74, 6) is 0. The molecule has 2 heterocycles. The first-order valence-electron chi connectivity index (χ1n) is 5.00. The number of aromatic amines is 1. The lowest BCUT2D eigenvalue weighted by molar-refractivity contribution is 0.642. The van der Waals surface area contributed by atoms with Crippen LogP contribution in [0.2, 0.25) is 0 Å². The molecule has 0 unspecified atom stereocenters. The maximum absolute atomic E-state index is 6.07. The Balaban J connectivity index is 2.42. The summed E-state index contributed by atoms with van der Waals surface area (Å²) in [4.78, 5) is 7.37. The molecule has 2 aromatic heterocycles. The predicted octanol–water partition coefficient (Wildman–Crippen LogP) is 2.36. The molecular weight excluding hydrogens is 174 g/mol. The van der Waals surface area contributed by atoms with Crippen LogP contribution in [0.3, 0.4) is 0 Å². The van der Waals surface area contributed by atoms with Crippen LogP contribution in [-0.4, -0.2) is 9.97 Å². The van der Waals surface area contributed by atoms with Gasteiger partial charge in [-0.2, -0.15) is 0 Å². The maximum atomic E-state index is 6.07. The second-order valence-corrected chi connectivity index (χ2v) is 3.54. The van der Waals surface area contributed by atoms with E-state index < -0.39 is 0 Å². The van der Waals surface area contributed by atoms with Gasteiger partial charge >= 0.3 is 0 Å². The summed E-state index contributed by atoms with van der Waals surface area (Å²) in [5.41, 5.74) is 8.17. The fourth-order valence-corrected chi connectivity index (χ4v) is 1.75. The molecule has 3 heteroatoms. The minimum absolute atomic E-state index is 0.123. The van der Waals surface area contributed by atoms with Gasteiger partial charge in [0.1, 0.15) is 5.65 Å². The van der Waals surface area contributed by atoms with Gasteiger partial charge in [-0.25, -0.2) is 4.98 Å². The molecule has 0 aliphatic carbocycles. The van der Waals surface area contributed by atoms with Gasteiger partial charge in [-0.05, 0) is 24.1 Å². The van der Waals surface area contributed by atoms with Crippen LogP contribution in [0.5, 0.6) is 0 Å². The third-order valence-electron chi connectivity index (χ3n) is 2.48. The fourth-order valence-electron chi connectivity index (χ4n) is 1.75.